The number of aliphatic hydroxyl groups excluding tert-OH is 1. The molecule has 0 radical (unpaired) electrons. The number of amides is 4. The first-order valence-corrected chi connectivity index (χ1v) is 12.6. The highest BCUT2D eigenvalue weighted by Crippen LogP contribution is 2.25. The van der Waals surface area contributed by atoms with E-state index in [2.05, 4.69) is 10.6 Å². The molecule has 35 heavy (non-hydrogen) atoms. The first-order chi connectivity index (χ1) is 16.4. The van der Waals surface area contributed by atoms with E-state index in [1.54, 1.807) is 4.90 Å². The van der Waals surface area contributed by atoms with Gasteiger partial charge in [-0.1, -0.05) is 49.6 Å². The summed E-state index contributed by atoms with van der Waals surface area (Å²) in [6.07, 6.45) is 4.62. The van der Waals surface area contributed by atoms with Crippen molar-refractivity contribution in [2.24, 2.45) is 17.4 Å². The maximum atomic E-state index is 13.1. The van der Waals surface area contributed by atoms with Crippen molar-refractivity contribution < 1.29 is 19.5 Å². The smallest absolute Gasteiger partial charge is 0.317 e. The molecule has 0 aromatic heterocycles. The number of hydrogen-bond acceptors (Lipinski definition) is 5. The number of nitrogens with zero attached hydrogens (tertiary/aromatic N) is 1. The van der Waals surface area contributed by atoms with Gasteiger partial charge in [-0.05, 0) is 51.5 Å². The minimum atomic E-state index is -1.11. The predicted octanol–water partition coefficient (Wildman–Crippen LogP) is 1.67. The minimum absolute atomic E-state index is 0.0568. The maximum absolute atomic E-state index is 13.1. The normalized spacial score (nSPS) is 17.2. The zero-order chi connectivity index (χ0) is 26.0. The Balaban J connectivity index is 2.19. The molecule has 0 unspecified atom stereocenters. The Morgan fingerprint density at radius 2 is 1.74 bits per heavy atom. The third-order valence-corrected chi connectivity index (χ3v) is 6.23. The average molecular weight is 490 g/mol. The van der Waals surface area contributed by atoms with Crippen LogP contribution in [0.5, 0.6) is 0 Å². The van der Waals surface area contributed by atoms with E-state index in [0.717, 1.165) is 31.2 Å². The molecule has 3 atom stereocenters. The van der Waals surface area contributed by atoms with E-state index in [1.165, 1.54) is 6.42 Å². The molecule has 1 aromatic rings. The highest BCUT2D eigenvalue weighted by Gasteiger charge is 2.30. The van der Waals surface area contributed by atoms with Gasteiger partial charge in [-0.25, -0.2) is 4.79 Å². The van der Waals surface area contributed by atoms with Crippen molar-refractivity contribution in [3.05, 3.63) is 35.9 Å². The second-order valence-corrected chi connectivity index (χ2v) is 10.7. The standard InChI is InChI=1S/C26H43N5O4/c1-26(2,3)30-25(35)31(16-19-12-8-5-9-13-19)17-22(32)21(14-18-10-6-4-7-11-18)29-24(34)20(27)15-23(28)33/h4,6-7,10-11,19-22,32H,5,8-9,12-17,27H2,1-3H3,(H2,28,33)(H,29,34)(H,30,35)/t20-,21-,22+/m0/s1. The fraction of sp³-hybridized carbons (Fsp3) is 0.654. The summed E-state index contributed by atoms with van der Waals surface area (Å²) in [5, 5.41) is 17.0. The fourth-order valence-corrected chi connectivity index (χ4v) is 4.43. The van der Waals surface area contributed by atoms with Crippen molar-refractivity contribution in [2.75, 3.05) is 13.1 Å². The summed E-state index contributed by atoms with van der Waals surface area (Å²) >= 11 is 0. The van der Waals surface area contributed by atoms with Crippen LogP contribution in [0.3, 0.4) is 0 Å². The molecule has 0 aliphatic heterocycles. The number of benzene rings is 1. The summed E-state index contributed by atoms with van der Waals surface area (Å²) in [7, 11) is 0. The van der Waals surface area contributed by atoms with E-state index in [1.807, 2.05) is 51.1 Å². The Morgan fingerprint density at radius 1 is 1.11 bits per heavy atom. The third kappa shape index (κ3) is 10.7. The van der Waals surface area contributed by atoms with Gasteiger partial charge in [0.05, 0.1) is 31.2 Å². The molecule has 196 valence electrons. The predicted molar refractivity (Wildman–Crippen MR) is 136 cm³/mol. The van der Waals surface area contributed by atoms with Gasteiger partial charge in [0.2, 0.25) is 11.8 Å². The topological polar surface area (TPSA) is 151 Å². The van der Waals surface area contributed by atoms with Crippen LogP contribution < -0.4 is 22.1 Å². The highest BCUT2D eigenvalue weighted by atomic mass is 16.3. The number of carbonyl (C=O) groups excluding carboxylic acids is 3. The molecule has 1 saturated carbocycles. The Labute approximate surface area is 209 Å². The van der Waals surface area contributed by atoms with Crippen LogP contribution in [-0.2, 0) is 16.0 Å². The first-order valence-electron chi connectivity index (χ1n) is 12.6. The molecular formula is C26H43N5O4. The van der Waals surface area contributed by atoms with Gasteiger partial charge >= 0.3 is 6.03 Å². The molecule has 1 aliphatic rings. The molecule has 0 saturated heterocycles. The van der Waals surface area contributed by atoms with E-state index >= 15 is 0 Å². The lowest BCUT2D eigenvalue weighted by atomic mass is 9.89. The third-order valence-electron chi connectivity index (χ3n) is 6.23. The number of hydrogen-bond donors (Lipinski definition) is 5. The maximum Gasteiger partial charge on any atom is 0.317 e. The number of rotatable bonds is 11. The lowest BCUT2D eigenvalue weighted by Crippen LogP contribution is -2.57. The van der Waals surface area contributed by atoms with Crippen LogP contribution in [0.2, 0.25) is 0 Å². The second kappa shape index (κ2) is 13.4. The Kier molecular flexibility index (Phi) is 11.0. The van der Waals surface area contributed by atoms with Crippen LogP contribution in [0.4, 0.5) is 4.79 Å². The summed E-state index contributed by atoms with van der Waals surface area (Å²) in [6, 6.07) is 7.40. The molecule has 1 fully saturated rings. The van der Waals surface area contributed by atoms with Gasteiger partial charge in [0.25, 0.3) is 0 Å². The molecule has 9 heteroatoms. The summed E-state index contributed by atoms with van der Waals surface area (Å²) in [5.74, 6) is -0.861. The second-order valence-electron chi connectivity index (χ2n) is 10.7. The molecule has 1 aromatic carbocycles. The molecule has 0 heterocycles. The first kappa shape index (κ1) is 28.6. The van der Waals surface area contributed by atoms with E-state index in [9.17, 15) is 19.5 Å². The lowest BCUT2D eigenvalue weighted by molar-refractivity contribution is -0.127. The minimum Gasteiger partial charge on any atom is -0.389 e. The number of primary amides is 1. The Bertz CT molecular complexity index is 821. The molecule has 4 amide bonds. The van der Waals surface area contributed by atoms with Crippen LogP contribution in [0.25, 0.3) is 0 Å². The molecule has 0 spiro atoms. The van der Waals surface area contributed by atoms with Crippen molar-refractivity contribution in [1.82, 2.24) is 15.5 Å². The summed E-state index contributed by atoms with van der Waals surface area (Å²) in [6.45, 7) is 6.35. The molecule has 9 nitrogen and oxygen atoms in total. The van der Waals surface area contributed by atoms with Gasteiger partial charge < -0.3 is 32.1 Å². The van der Waals surface area contributed by atoms with E-state index in [-0.39, 0.29) is 19.0 Å². The highest BCUT2D eigenvalue weighted by molar-refractivity contribution is 5.87. The number of urea groups is 1. The lowest BCUT2D eigenvalue weighted by Gasteiger charge is -2.35. The SMILES string of the molecule is CC(C)(C)NC(=O)N(CC1CCCCC1)C[C@@H](O)[C@H](Cc1ccccc1)NC(=O)[C@@H](N)CC(N)=O. The van der Waals surface area contributed by atoms with Crippen molar-refractivity contribution in [3.8, 4) is 0 Å². The van der Waals surface area contributed by atoms with Crippen LogP contribution in [-0.4, -0.2) is 64.7 Å². The van der Waals surface area contributed by atoms with Crippen LogP contribution in [0.1, 0.15) is 64.9 Å². The fourth-order valence-electron chi connectivity index (χ4n) is 4.43. The molecule has 2 rings (SSSR count). The summed E-state index contributed by atoms with van der Waals surface area (Å²) < 4.78 is 0. The number of nitrogens with one attached hydrogen (secondary N) is 2. The Morgan fingerprint density at radius 3 is 2.31 bits per heavy atom. The van der Waals surface area contributed by atoms with E-state index in [4.69, 9.17) is 11.5 Å². The molecule has 1 aliphatic carbocycles. The van der Waals surface area contributed by atoms with Crippen molar-refractivity contribution in [1.29, 1.82) is 0 Å². The molecule has 0 bridgehead atoms. The van der Waals surface area contributed by atoms with Gasteiger partial charge in [-0.3, -0.25) is 9.59 Å². The molecule has 7 N–H and O–H groups in total. The zero-order valence-corrected chi connectivity index (χ0v) is 21.3. The van der Waals surface area contributed by atoms with Crippen LogP contribution >= 0.6 is 0 Å². The number of nitrogens with two attached hydrogens (primary N) is 2. The van der Waals surface area contributed by atoms with Crippen molar-refractivity contribution in [2.45, 2.75) is 89.4 Å². The van der Waals surface area contributed by atoms with Gasteiger partial charge in [0, 0.05) is 12.1 Å². The summed E-state index contributed by atoms with van der Waals surface area (Å²) in [4.78, 5) is 38.7. The quantitative estimate of drug-likeness (QED) is 0.320. The monoisotopic (exact) mass is 489 g/mol. The van der Waals surface area contributed by atoms with Crippen molar-refractivity contribution in [3.63, 3.8) is 0 Å². The van der Waals surface area contributed by atoms with Gasteiger partial charge in [-0.2, -0.15) is 0 Å². The van der Waals surface area contributed by atoms with Gasteiger partial charge in [0.1, 0.15) is 0 Å². The largest absolute Gasteiger partial charge is 0.389 e. The van der Waals surface area contributed by atoms with Crippen molar-refractivity contribution >= 4 is 17.8 Å². The molecular weight excluding hydrogens is 446 g/mol. The summed E-state index contributed by atoms with van der Waals surface area (Å²) in [5.41, 5.74) is 11.5. The number of carbonyl (C=O) groups is 3. The average Bonchev–Trinajstić information content (AvgIpc) is 2.78. The van der Waals surface area contributed by atoms with Crippen LogP contribution in [0, 0.1) is 5.92 Å². The van der Waals surface area contributed by atoms with E-state index < -0.39 is 35.5 Å². The zero-order valence-electron chi connectivity index (χ0n) is 21.3. The van der Waals surface area contributed by atoms with Crippen LogP contribution in [0.15, 0.2) is 30.3 Å². The van der Waals surface area contributed by atoms with E-state index in [0.29, 0.717) is 18.9 Å². The Hall–Kier alpha value is -2.65. The number of aliphatic hydroxyl groups is 1. The van der Waals surface area contributed by atoms with Gasteiger partial charge in [0.15, 0.2) is 0 Å². The van der Waals surface area contributed by atoms with Gasteiger partial charge in [-0.15, -0.1) is 0 Å².